The third-order valence-electron chi connectivity index (χ3n) is 4.01. The molecule has 1 saturated heterocycles. The lowest BCUT2D eigenvalue weighted by Crippen LogP contribution is -2.45. The smallest absolute Gasteiger partial charge is 0.243 e. The average molecular weight is 456 g/mol. The van der Waals surface area contributed by atoms with Gasteiger partial charge in [0, 0.05) is 45.8 Å². The number of guanidine groups is 1. The predicted molar refractivity (Wildman–Crippen MR) is 107 cm³/mol. The number of nitrogens with one attached hydrogen (secondary N) is 2. The van der Waals surface area contributed by atoms with Crippen molar-refractivity contribution in [3.05, 3.63) is 0 Å². The van der Waals surface area contributed by atoms with Crippen molar-refractivity contribution in [3.63, 3.8) is 0 Å². The van der Waals surface area contributed by atoms with Gasteiger partial charge in [0.1, 0.15) is 6.54 Å². The van der Waals surface area contributed by atoms with E-state index < -0.39 is 0 Å². The number of halogens is 1. The molecular weight excluding hydrogens is 423 g/mol. The fraction of sp³-hybridized carbons (Fsp3) is 0.875. The zero-order chi connectivity index (χ0) is 17.3. The van der Waals surface area contributed by atoms with E-state index in [0.717, 1.165) is 19.6 Å². The number of aliphatic hydroxyl groups excluding tert-OH is 1. The number of hydrogen-bond donors (Lipinski definition) is 3. The summed E-state index contributed by atoms with van der Waals surface area (Å²) in [6, 6.07) is 0. The van der Waals surface area contributed by atoms with Gasteiger partial charge in [0.25, 0.3) is 0 Å². The third kappa shape index (κ3) is 8.48. The van der Waals surface area contributed by atoms with Crippen molar-refractivity contribution in [1.29, 1.82) is 0 Å². The van der Waals surface area contributed by atoms with Crippen molar-refractivity contribution in [2.24, 2.45) is 16.3 Å². The highest BCUT2D eigenvalue weighted by Crippen LogP contribution is 2.31. The quantitative estimate of drug-likeness (QED) is 0.284. The Kier molecular flexibility index (Phi) is 11.6. The number of carbonyl (C=O) groups excluding carboxylic acids is 1. The number of ether oxygens (including phenoxy) is 1. The molecule has 0 bridgehead atoms. The topological polar surface area (TPSA) is 86.2 Å². The van der Waals surface area contributed by atoms with Gasteiger partial charge in [-0.05, 0) is 18.8 Å². The number of amides is 1. The standard InChI is InChI=1S/C16H32N4O3.HI/c1-13(2)9-17-15(18-10-14(22)20(3)4)19-11-16(5-7-21)6-8-23-12-16;/h13,21H,5-12H2,1-4H3,(H2,17,18,19);1H. The van der Waals surface area contributed by atoms with Gasteiger partial charge in [0.05, 0.1) is 6.61 Å². The summed E-state index contributed by atoms with van der Waals surface area (Å²) >= 11 is 0. The normalized spacial score (nSPS) is 20.7. The molecule has 0 saturated carbocycles. The summed E-state index contributed by atoms with van der Waals surface area (Å²) in [4.78, 5) is 17.6. The zero-order valence-corrected chi connectivity index (χ0v) is 17.6. The minimum atomic E-state index is -0.0550. The van der Waals surface area contributed by atoms with Crippen molar-refractivity contribution in [2.75, 3.05) is 53.6 Å². The number of aliphatic hydroxyl groups is 1. The highest BCUT2D eigenvalue weighted by Gasteiger charge is 2.34. The Morgan fingerprint density at radius 2 is 2.08 bits per heavy atom. The van der Waals surface area contributed by atoms with Crippen LogP contribution in [-0.2, 0) is 9.53 Å². The summed E-state index contributed by atoms with van der Waals surface area (Å²) in [5, 5.41) is 15.9. The summed E-state index contributed by atoms with van der Waals surface area (Å²) in [6.07, 6.45) is 1.63. The molecule has 0 spiro atoms. The molecule has 1 aliphatic rings. The fourth-order valence-corrected chi connectivity index (χ4v) is 2.35. The number of hydrogen-bond acceptors (Lipinski definition) is 4. The zero-order valence-electron chi connectivity index (χ0n) is 15.3. The molecule has 0 radical (unpaired) electrons. The molecule has 7 nitrogen and oxygen atoms in total. The van der Waals surface area contributed by atoms with Crippen molar-refractivity contribution < 1.29 is 14.6 Å². The molecule has 1 atom stereocenters. The van der Waals surface area contributed by atoms with Gasteiger partial charge in [0.15, 0.2) is 5.96 Å². The largest absolute Gasteiger partial charge is 0.396 e. The Balaban J connectivity index is 0.00000529. The lowest BCUT2D eigenvalue weighted by atomic mass is 9.84. The maximum Gasteiger partial charge on any atom is 0.243 e. The van der Waals surface area contributed by atoms with Gasteiger partial charge in [-0.15, -0.1) is 24.0 Å². The van der Waals surface area contributed by atoms with Crippen molar-refractivity contribution in [3.8, 4) is 0 Å². The van der Waals surface area contributed by atoms with E-state index in [1.807, 2.05) is 0 Å². The van der Waals surface area contributed by atoms with Gasteiger partial charge in [-0.25, -0.2) is 4.99 Å². The first-order chi connectivity index (χ1) is 10.9. The highest BCUT2D eigenvalue weighted by atomic mass is 127. The van der Waals surface area contributed by atoms with Crippen LogP contribution in [-0.4, -0.2) is 75.4 Å². The first-order valence-electron chi connectivity index (χ1n) is 8.29. The van der Waals surface area contributed by atoms with Crippen molar-refractivity contribution >= 4 is 35.8 Å². The summed E-state index contributed by atoms with van der Waals surface area (Å²) in [5.74, 6) is 1.08. The van der Waals surface area contributed by atoms with Gasteiger partial charge in [-0.3, -0.25) is 4.79 Å². The molecule has 3 N–H and O–H groups in total. The summed E-state index contributed by atoms with van der Waals surface area (Å²) in [7, 11) is 3.44. The highest BCUT2D eigenvalue weighted by molar-refractivity contribution is 14.0. The number of aliphatic imine (C=N–C) groups is 1. The van der Waals surface area contributed by atoms with Crippen molar-refractivity contribution in [1.82, 2.24) is 15.5 Å². The minimum Gasteiger partial charge on any atom is -0.396 e. The molecule has 1 heterocycles. The Morgan fingerprint density at radius 3 is 2.58 bits per heavy atom. The van der Waals surface area contributed by atoms with Gasteiger partial charge in [0.2, 0.25) is 5.91 Å². The SMILES string of the molecule is CC(C)CNC(=NCC(=O)N(C)C)NCC1(CCO)CCOC1.I. The van der Waals surface area contributed by atoms with Gasteiger partial charge in [-0.2, -0.15) is 0 Å². The van der Waals surface area contributed by atoms with E-state index in [4.69, 9.17) is 4.74 Å². The Labute approximate surface area is 162 Å². The van der Waals surface area contributed by atoms with Crippen LogP contribution in [0, 0.1) is 11.3 Å². The number of carbonyl (C=O) groups is 1. The van der Waals surface area contributed by atoms with Crippen LogP contribution in [0.4, 0.5) is 0 Å². The molecule has 142 valence electrons. The molecule has 1 unspecified atom stereocenters. The molecule has 1 fully saturated rings. The Bertz CT molecular complexity index is 397. The van der Waals surface area contributed by atoms with E-state index in [-0.39, 0.29) is 48.5 Å². The average Bonchev–Trinajstić information content (AvgIpc) is 2.95. The molecular formula is C16H33IN4O3. The van der Waals surface area contributed by atoms with Crippen LogP contribution in [0.5, 0.6) is 0 Å². The second kappa shape index (κ2) is 11.9. The van der Waals surface area contributed by atoms with Crippen LogP contribution < -0.4 is 10.6 Å². The maximum absolute atomic E-state index is 11.7. The van der Waals surface area contributed by atoms with Crippen LogP contribution in [0.2, 0.25) is 0 Å². The molecule has 0 aliphatic carbocycles. The van der Waals surface area contributed by atoms with E-state index in [1.54, 1.807) is 14.1 Å². The van der Waals surface area contributed by atoms with Crippen LogP contribution >= 0.6 is 24.0 Å². The monoisotopic (exact) mass is 456 g/mol. The fourth-order valence-electron chi connectivity index (χ4n) is 2.35. The third-order valence-corrected chi connectivity index (χ3v) is 4.01. The van der Waals surface area contributed by atoms with E-state index in [9.17, 15) is 9.90 Å². The van der Waals surface area contributed by atoms with Crippen LogP contribution in [0.1, 0.15) is 26.7 Å². The van der Waals surface area contributed by atoms with Crippen molar-refractivity contribution in [2.45, 2.75) is 26.7 Å². The molecule has 1 rings (SSSR count). The summed E-state index contributed by atoms with van der Waals surface area (Å²) < 4.78 is 5.50. The molecule has 0 aromatic heterocycles. The minimum absolute atomic E-state index is 0. The summed E-state index contributed by atoms with van der Waals surface area (Å²) in [5.41, 5.74) is -0.0550. The van der Waals surface area contributed by atoms with Crippen LogP contribution in [0.25, 0.3) is 0 Å². The van der Waals surface area contributed by atoms with Crippen LogP contribution in [0.3, 0.4) is 0 Å². The van der Waals surface area contributed by atoms with Gasteiger partial charge < -0.3 is 25.4 Å². The van der Waals surface area contributed by atoms with E-state index >= 15 is 0 Å². The Hall–Kier alpha value is -0.610. The number of likely N-dealkylation sites (N-methyl/N-ethyl adjacent to an activating group) is 1. The lowest BCUT2D eigenvalue weighted by Gasteiger charge is -2.28. The number of nitrogens with zero attached hydrogens (tertiary/aromatic N) is 2. The second-order valence-electron chi connectivity index (χ2n) is 6.86. The second-order valence-corrected chi connectivity index (χ2v) is 6.86. The van der Waals surface area contributed by atoms with E-state index in [1.165, 1.54) is 4.90 Å². The summed E-state index contributed by atoms with van der Waals surface area (Å²) in [6.45, 7) is 7.34. The molecule has 0 aromatic carbocycles. The van der Waals surface area contributed by atoms with Gasteiger partial charge >= 0.3 is 0 Å². The molecule has 1 aliphatic heterocycles. The predicted octanol–water partition coefficient (Wildman–Crippen LogP) is 0.673. The van der Waals surface area contributed by atoms with Gasteiger partial charge in [-0.1, -0.05) is 13.8 Å². The molecule has 24 heavy (non-hydrogen) atoms. The van der Waals surface area contributed by atoms with E-state index in [2.05, 4.69) is 29.5 Å². The molecule has 8 heteroatoms. The first kappa shape index (κ1) is 23.4. The Morgan fingerprint density at radius 1 is 1.38 bits per heavy atom. The lowest BCUT2D eigenvalue weighted by molar-refractivity contribution is -0.127. The maximum atomic E-state index is 11.7. The molecule has 0 aromatic rings. The van der Waals surface area contributed by atoms with Crippen LogP contribution in [0.15, 0.2) is 4.99 Å². The number of rotatable bonds is 8. The van der Waals surface area contributed by atoms with E-state index in [0.29, 0.717) is 31.4 Å². The molecule has 1 amide bonds. The first-order valence-corrected chi connectivity index (χ1v) is 8.29.